The van der Waals surface area contributed by atoms with E-state index in [1.807, 2.05) is 29.2 Å². The van der Waals surface area contributed by atoms with Crippen LogP contribution in [0, 0.1) is 5.92 Å². The van der Waals surface area contributed by atoms with E-state index in [1.165, 1.54) is 12.7 Å². The van der Waals surface area contributed by atoms with Crippen molar-refractivity contribution in [1.29, 1.82) is 0 Å². The molecule has 2 saturated heterocycles. The molecular weight excluding hydrogens is 332 g/mol. The molecule has 0 aromatic heterocycles. The van der Waals surface area contributed by atoms with Crippen LogP contribution in [0.3, 0.4) is 0 Å². The standard InChI is InChI=1S/C20H28N2O4/c1-25-12-11-22-18-9-10-21(14-17(18)7-8-19(22)23)13-15-3-5-16(6-4-15)20(24)26-2/h3-6,17-18H,7-14H2,1-2H3/t17-,18+/m1/s1. The van der Waals surface area contributed by atoms with E-state index in [0.717, 1.165) is 32.5 Å². The van der Waals surface area contributed by atoms with Crippen LogP contribution in [0.15, 0.2) is 24.3 Å². The van der Waals surface area contributed by atoms with Crippen LogP contribution in [0.4, 0.5) is 0 Å². The van der Waals surface area contributed by atoms with Gasteiger partial charge in [-0.15, -0.1) is 0 Å². The normalized spacial score (nSPS) is 23.6. The first-order chi connectivity index (χ1) is 12.6. The number of hydrogen-bond acceptors (Lipinski definition) is 5. The number of piperidine rings is 2. The SMILES string of the molecule is COCCN1C(=O)CC[C@@H]2CN(Cc3ccc(C(=O)OC)cc3)CC[C@@H]21. The molecule has 0 unspecified atom stereocenters. The minimum Gasteiger partial charge on any atom is -0.465 e. The van der Waals surface area contributed by atoms with Gasteiger partial charge < -0.3 is 14.4 Å². The largest absolute Gasteiger partial charge is 0.465 e. The van der Waals surface area contributed by atoms with Crippen molar-refractivity contribution in [3.05, 3.63) is 35.4 Å². The zero-order valence-corrected chi connectivity index (χ0v) is 15.6. The van der Waals surface area contributed by atoms with Crippen molar-refractivity contribution in [1.82, 2.24) is 9.80 Å². The van der Waals surface area contributed by atoms with Gasteiger partial charge in [-0.3, -0.25) is 9.69 Å². The molecule has 6 nitrogen and oxygen atoms in total. The van der Waals surface area contributed by atoms with Crippen molar-refractivity contribution >= 4 is 11.9 Å². The van der Waals surface area contributed by atoms with Gasteiger partial charge in [-0.2, -0.15) is 0 Å². The van der Waals surface area contributed by atoms with Crippen LogP contribution in [0.2, 0.25) is 0 Å². The van der Waals surface area contributed by atoms with E-state index >= 15 is 0 Å². The zero-order chi connectivity index (χ0) is 18.5. The molecule has 2 atom stereocenters. The Morgan fingerprint density at radius 2 is 1.96 bits per heavy atom. The lowest BCUT2D eigenvalue weighted by Crippen LogP contribution is -2.56. The Kier molecular flexibility index (Phi) is 6.27. The van der Waals surface area contributed by atoms with E-state index in [9.17, 15) is 9.59 Å². The van der Waals surface area contributed by atoms with Gasteiger partial charge in [-0.1, -0.05) is 12.1 Å². The van der Waals surface area contributed by atoms with Crippen LogP contribution in [-0.4, -0.2) is 68.2 Å². The summed E-state index contributed by atoms with van der Waals surface area (Å²) in [7, 11) is 3.07. The average Bonchev–Trinajstić information content (AvgIpc) is 2.67. The number of carbonyl (C=O) groups is 2. The summed E-state index contributed by atoms with van der Waals surface area (Å²) in [4.78, 5) is 28.3. The van der Waals surface area contributed by atoms with Crippen molar-refractivity contribution in [3.8, 4) is 0 Å². The Bertz CT molecular complexity index is 631. The Morgan fingerprint density at radius 3 is 2.65 bits per heavy atom. The molecule has 3 rings (SSSR count). The van der Waals surface area contributed by atoms with Crippen molar-refractivity contribution in [2.24, 2.45) is 5.92 Å². The van der Waals surface area contributed by atoms with E-state index < -0.39 is 0 Å². The molecule has 26 heavy (non-hydrogen) atoms. The van der Waals surface area contributed by atoms with E-state index in [1.54, 1.807) is 7.11 Å². The first-order valence-electron chi connectivity index (χ1n) is 9.30. The van der Waals surface area contributed by atoms with Gasteiger partial charge in [0.25, 0.3) is 0 Å². The van der Waals surface area contributed by atoms with Crippen LogP contribution in [0.25, 0.3) is 0 Å². The smallest absolute Gasteiger partial charge is 0.337 e. The van der Waals surface area contributed by atoms with Crippen LogP contribution in [0.1, 0.15) is 35.2 Å². The van der Waals surface area contributed by atoms with Crippen molar-refractivity contribution < 1.29 is 19.1 Å². The predicted molar refractivity (Wildman–Crippen MR) is 97.8 cm³/mol. The maximum absolute atomic E-state index is 12.3. The number of benzene rings is 1. The number of methoxy groups -OCH3 is 2. The molecule has 2 aliphatic rings. The number of hydrogen-bond donors (Lipinski definition) is 0. The Labute approximate surface area is 155 Å². The number of ether oxygens (including phenoxy) is 2. The van der Waals surface area contributed by atoms with Crippen LogP contribution in [0.5, 0.6) is 0 Å². The topological polar surface area (TPSA) is 59.1 Å². The molecule has 142 valence electrons. The van der Waals surface area contributed by atoms with Gasteiger partial charge in [0, 0.05) is 45.8 Å². The Morgan fingerprint density at radius 1 is 1.19 bits per heavy atom. The summed E-state index contributed by atoms with van der Waals surface area (Å²) in [6, 6.07) is 7.98. The second-order valence-electron chi connectivity index (χ2n) is 7.16. The molecule has 2 heterocycles. The monoisotopic (exact) mass is 360 g/mol. The Hall–Kier alpha value is -1.92. The Balaban J connectivity index is 1.58. The number of esters is 1. The number of likely N-dealkylation sites (tertiary alicyclic amines) is 2. The molecule has 1 aromatic rings. The lowest BCUT2D eigenvalue weighted by Gasteiger charge is -2.47. The van der Waals surface area contributed by atoms with Gasteiger partial charge in [-0.25, -0.2) is 4.79 Å². The van der Waals surface area contributed by atoms with Gasteiger partial charge in [0.05, 0.1) is 19.3 Å². The van der Waals surface area contributed by atoms with Crippen LogP contribution in [-0.2, 0) is 20.8 Å². The number of nitrogens with zero attached hydrogens (tertiary/aromatic N) is 2. The molecule has 6 heteroatoms. The minimum absolute atomic E-state index is 0.273. The third-order valence-corrected chi connectivity index (χ3v) is 5.55. The molecule has 1 amide bonds. The summed E-state index contributed by atoms with van der Waals surface area (Å²) < 4.78 is 9.91. The molecule has 0 spiro atoms. The highest BCUT2D eigenvalue weighted by atomic mass is 16.5. The highest BCUT2D eigenvalue weighted by molar-refractivity contribution is 5.89. The quantitative estimate of drug-likeness (QED) is 0.726. The molecule has 0 N–H and O–H groups in total. The van der Waals surface area contributed by atoms with E-state index in [2.05, 4.69) is 4.90 Å². The summed E-state index contributed by atoms with van der Waals surface area (Å²) >= 11 is 0. The van der Waals surface area contributed by atoms with Crippen molar-refractivity contribution in [2.45, 2.75) is 31.8 Å². The second-order valence-corrected chi connectivity index (χ2v) is 7.16. The summed E-state index contributed by atoms with van der Waals surface area (Å²) in [6.07, 6.45) is 2.64. The summed E-state index contributed by atoms with van der Waals surface area (Å²) in [5, 5.41) is 0. The van der Waals surface area contributed by atoms with Gasteiger partial charge in [0.15, 0.2) is 0 Å². The third-order valence-electron chi connectivity index (χ3n) is 5.55. The molecule has 0 aliphatic carbocycles. The number of fused-ring (bicyclic) bond motifs is 1. The van der Waals surface area contributed by atoms with Crippen molar-refractivity contribution in [3.63, 3.8) is 0 Å². The van der Waals surface area contributed by atoms with Gasteiger partial charge >= 0.3 is 5.97 Å². The number of rotatable bonds is 6. The molecule has 1 aromatic carbocycles. The highest BCUT2D eigenvalue weighted by Crippen LogP contribution is 2.31. The molecular formula is C20H28N2O4. The van der Waals surface area contributed by atoms with E-state index in [4.69, 9.17) is 9.47 Å². The fourth-order valence-corrected chi connectivity index (χ4v) is 4.17. The maximum atomic E-state index is 12.3. The molecule has 2 aliphatic heterocycles. The lowest BCUT2D eigenvalue weighted by atomic mass is 9.83. The first kappa shape index (κ1) is 18.9. The minimum atomic E-state index is -0.305. The lowest BCUT2D eigenvalue weighted by molar-refractivity contribution is -0.142. The molecule has 2 fully saturated rings. The summed E-state index contributed by atoms with van der Waals surface area (Å²) in [5.41, 5.74) is 1.77. The molecule has 0 radical (unpaired) electrons. The van der Waals surface area contributed by atoms with E-state index in [-0.39, 0.29) is 11.9 Å². The highest BCUT2D eigenvalue weighted by Gasteiger charge is 2.38. The number of carbonyl (C=O) groups excluding carboxylic acids is 2. The van der Waals surface area contributed by atoms with E-state index in [0.29, 0.717) is 37.1 Å². The predicted octanol–water partition coefficient (Wildman–Crippen LogP) is 1.93. The zero-order valence-electron chi connectivity index (χ0n) is 15.6. The number of amides is 1. The average molecular weight is 360 g/mol. The second kappa shape index (κ2) is 8.64. The molecule has 0 saturated carbocycles. The third kappa shape index (κ3) is 4.24. The van der Waals surface area contributed by atoms with Crippen LogP contribution >= 0.6 is 0 Å². The maximum Gasteiger partial charge on any atom is 0.337 e. The van der Waals surface area contributed by atoms with Gasteiger partial charge in [-0.05, 0) is 36.5 Å². The van der Waals surface area contributed by atoms with Gasteiger partial charge in [0.2, 0.25) is 5.91 Å². The summed E-state index contributed by atoms with van der Waals surface area (Å²) in [6.45, 7) is 4.17. The van der Waals surface area contributed by atoms with Crippen molar-refractivity contribution in [2.75, 3.05) is 40.5 Å². The first-order valence-corrected chi connectivity index (χ1v) is 9.30. The fraction of sp³-hybridized carbons (Fsp3) is 0.600. The summed E-state index contributed by atoms with van der Waals surface area (Å²) in [5.74, 6) is 0.503. The van der Waals surface area contributed by atoms with Gasteiger partial charge in [0.1, 0.15) is 0 Å². The van der Waals surface area contributed by atoms with Crippen LogP contribution < -0.4 is 0 Å². The molecule has 0 bridgehead atoms. The fourth-order valence-electron chi connectivity index (χ4n) is 4.17.